The molecule has 22 heavy (non-hydrogen) atoms. The number of nitrogens with one attached hydrogen (secondary N) is 1. The summed E-state index contributed by atoms with van der Waals surface area (Å²) in [7, 11) is 0. The smallest absolute Gasteiger partial charge is 0.312 e. The van der Waals surface area contributed by atoms with Gasteiger partial charge in [0.1, 0.15) is 17.9 Å². The zero-order valence-corrected chi connectivity index (χ0v) is 12.7. The zero-order chi connectivity index (χ0) is 16.3. The Labute approximate surface area is 127 Å². The molecule has 1 aromatic heterocycles. The van der Waals surface area contributed by atoms with Crippen molar-refractivity contribution in [2.24, 2.45) is 0 Å². The van der Waals surface area contributed by atoms with E-state index in [0.29, 0.717) is 5.69 Å². The van der Waals surface area contributed by atoms with Crippen molar-refractivity contribution in [3.8, 4) is 0 Å². The number of aryl methyl sites for hydroxylation is 1. The lowest BCUT2D eigenvalue weighted by atomic mass is 10.3. The zero-order valence-electron chi connectivity index (χ0n) is 12.7. The molecule has 1 fully saturated rings. The number of aromatic nitrogens is 2. The van der Waals surface area contributed by atoms with Gasteiger partial charge in [0.05, 0.1) is 11.5 Å². The summed E-state index contributed by atoms with van der Waals surface area (Å²) in [5.41, 5.74) is 0.507. The van der Waals surface area contributed by atoms with Crippen molar-refractivity contribution in [3.63, 3.8) is 0 Å². The molecule has 2 rings (SSSR count). The molecule has 1 aliphatic rings. The Bertz CT molecular complexity index is 604. The molecule has 0 atom stereocenters. The monoisotopic (exact) mass is 309 g/mol. The van der Waals surface area contributed by atoms with Gasteiger partial charge in [-0.25, -0.2) is 0 Å². The average Bonchev–Trinajstić information content (AvgIpc) is 3.05. The van der Waals surface area contributed by atoms with Gasteiger partial charge in [-0.15, -0.1) is 0 Å². The summed E-state index contributed by atoms with van der Waals surface area (Å²) in [6, 6.07) is 0. The number of carbonyl (C=O) groups excluding carboxylic acids is 2. The molecule has 0 unspecified atom stereocenters. The summed E-state index contributed by atoms with van der Waals surface area (Å²) in [5.74, 6) is -0.502. The molecule has 0 aromatic carbocycles. The maximum absolute atomic E-state index is 11.9. The first kappa shape index (κ1) is 15.9. The van der Waals surface area contributed by atoms with Crippen molar-refractivity contribution < 1.29 is 14.5 Å². The van der Waals surface area contributed by atoms with Gasteiger partial charge < -0.3 is 10.2 Å². The lowest BCUT2D eigenvalue weighted by Gasteiger charge is -2.15. The molecule has 0 bridgehead atoms. The van der Waals surface area contributed by atoms with Crippen LogP contribution >= 0.6 is 0 Å². The predicted octanol–water partition coefficient (Wildman–Crippen LogP) is 0.147. The van der Waals surface area contributed by atoms with Gasteiger partial charge >= 0.3 is 5.69 Å². The molecule has 1 N–H and O–H groups in total. The molecule has 1 aliphatic heterocycles. The Kier molecular flexibility index (Phi) is 4.74. The molecular weight excluding hydrogens is 290 g/mol. The number of nitrogens with zero attached hydrogens (tertiary/aromatic N) is 4. The Morgan fingerprint density at radius 1 is 1.32 bits per heavy atom. The minimum absolute atomic E-state index is 0.0553. The lowest BCUT2D eigenvalue weighted by molar-refractivity contribution is -0.386. The molecule has 0 saturated carbocycles. The van der Waals surface area contributed by atoms with Gasteiger partial charge in [0.2, 0.25) is 11.8 Å². The summed E-state index contributed by atoms with van der Waals surface area (Å²) in [5, 5.41) is 17.4. The largest absolute Gasteiger partial charge is 0.345 e. The van der Waals surface area contributed by atoms with Crippen LogP contribution in [0.5, 0.6) is 0 Å². The van der Waals surface area contributed by atoms with E-state index in [1.54, 1.807) is 11.8 Å². The van der Waals surface area contributed by atoms with E-state index in [9.17, 15) is 19.7 Å². The molecule has 2 heterocycles. The average molecular weight is 309 g/mol. The summed E-state index contributed by atoms with van der Waals surface area (Å²) in [6.45, 7) is 4.34. The molecule has 1 saturated heterocycles. The summed E-state index contributed by atoms with van der Waals surface area (Å²) >= 11 is 0. The maximum atomic E-state index is 11.9. The molecule has 1 aromatic rings. The van der Waals surface area contributed by atoms with Crippen molar-refractivity contribution in [1.29, 1.82) is 0 Å². The Morgan fingerprint density at radius 2 is 1.95 bits per heavy atom. The number of likely N-dealkylation sites (tertiary alicyclic amines) is 1. The van der Waals surface area contributed by atoms with Crippen LogP contribution in [0.4, 0.5) is 5.69 Å². The van der Waals surface area contributed by atoms with Gasteiger partial charge in [0, 0.05) is 13.1 Å². The van der Waals surface area contributed by atoms with E-state index in [1.165, 1.54) is 11.6 Å². The van der Waals surface area contributed by atoms with Crippen LogP contribution in [0.25, 0.3) is 0 Å². The van der Waals surface area contributed by atoms with Gasteiger partial charge in [0.25, 0.3) is 0 Å². The fraction of sp³-hybridized carbons (Fsp3) is 0.615. The summed E-state index contributed by atoms with van der Waals surface area (Å²) < 4.78 is 1.28. The minimum atomic E-state index is -0.511. The van der Waals surface area contributed by atoms with Gasteiger partial charge in [-0.1, -0.05) is 0 Å². The molecule has 0 radical (unpaired) electrons. The van der Waals surface area contributed by atoms with Crippen LogP contribution in [-0.4, -0.2) is 51.1 Å². The summed E-state index contributed by atoms with van der Waals surface area (Å²) in [6.07, 6.45) is 1.99. The second kappa shape index (κ2) is 6.54. The minimum Gasteiger partial charge on any atom is -0.345 e. The second-order valence-corrected chi connectivity index (χ2v) is 5.30. The van der Waals surface area contributed by atoms with E-state index < -0.39 is 10.8 Å². The van der Waals surface area contributed by atoms with Crippen molar-refractivity contribution in [1.82, 2.24) is 20.0 Å². The van der Waals surface area contributed by atoms with Crippen LogP contribution in [0.15, 0.2) is 0 Å². The third kappa shape index (κ3) is 3.41. The van der Waals surface area contributed by atoms with E-state index in [1.807, 2.05) is 0 Å². The fourth-order valence-corrected chi connectivity index (χ4v) is 2.55. The number of nitro groups is 1. The van der Waals surface area contributed by atoms with Crippen LogP contribution in [-0.2, 0) is 16.1 Å². The second-order valence-electron chi connectivity index (χ2n) is 5.30. The molecule has 9 heteroatoms. The van der Waals surface area contributed by atoms with Crippen LogP contribution in [0, 0.1) is 24.0 Å². The van der Waals surface area contributed by atoms with Crippen molar-refractivity contribution >= 4 is 17.5 Å². The van der Waals surface area contributed by atoms with E-state index in [4.69, 9.17) is 0 Å². The first-order chi connectivity index (χ1) is 10.4. The first-order valence-corrected chi connectivity index (χ1v) is 7.13. The Balaban J connectivity index is 1.91. The highest BCUT2D eigenvalue weighted by atomic mass is 16.6. The highest BCUT2D eigenvalue weighted by molar-refractivity contribution is 5.84. The van der Waals surface area contributed by atoms with E-state index in [0.717, 1.165) is 25.9 Å². The molecule has 2 amide bonds. The number of rotatable bonds is 5. The topological polar surface area (TPSA) is 110 Å². The number of hydrogen-bond donors (Lipinski definition) is 1. The quantitative estimate of drug-likeness (QED) is 0.614. The van der Waals surface area contributed by atoms with Gasteiger partial charge in [0.15, 0.2) is 0 Å². The third-order valence-corrected chi connectivity index (χ3v) is 3.71. The normalized spacial score (nSPS) is 14.2. The van der Waals surface area contributed by atoms with E-state index >= 15 is 0 Å². The Hall–Kier alpha value is -2.45. The van der Waals surface area contributed by atoms with Gasteiger partial charge in [-0.2, -0.15) is 5.10 Å². The van der Waals surface area contributed by atoms with Gasteiger partial charge in [-0.05, 0) is 26.7 Å². The molecular formula is C13H19N5O4. The first-order valence-electron chi connectivity index (χ1n) is 7.13. The van der Waals surface area contributed by atoms with Crippen molar-refractivity contribution in [3.05, 3.63) is 21.5 Å². The molecule has 120 valence electrons. The predicted molar refractivity (Wildman–Crippen MR) is 77.2 cm³/mol. The summed E-state index contributed by atoms with van der Waals surface area (Å²) in [4.78, 5) is 35.8. The number of carbonyl (C=O) groups is 2. The van der Waals surface area contributed by atoms with Crippen LogP contribution < -0.4 is 5.32 Å². The molecule has 0 spiro atoms. The van der Waals surface area contributed by atoms with Crippen LogP contribution in [0.2, 0.25) is 0 Å². The van der Waals surface area contributed by atoms with Crippen LogP contribution in [0.3, 0.4) is 0 Å². The lowest BCUT2D eigenvalue weighted by Crippen LogP contribution is -2.39. The SMILES string of the molecule is Cc1nn(CC(=O)NCC(=O)N2CCCC2)c(C)c1[N+](=O)[O-]. The van der Waals surface area contributed by atoms with Crippen LogP contribution in [0.1, 0.15) is 24.2 Å². The maximum Gasteiger partial charge on any atom is 0.312 e. The van der Waals surface area contributed by atoms with Crippen molar-refractivity contribution in [2.45, 2.75) is 33.2 Å². The Morgan fingerprint density at radius 3 is 2.50 bits per heavy atom. The van der Waals surface area contributed by atoms with Gasteiger partial charge in [-0.3, -0.25) is 24.4 Å². The highest BCUT2D eigenvalue weighted by Gasteiger charge is 2.23. The molecule has 9 nitrogen and oxygen atoms in total. The van der Waals surface area contributed by atoms with E-state index in [2.05, 4.69) is 10.4 Å². The third-order valence-electron chi connectivity index (χ3n) is 3.71. The number of amides is 2. The van der Waals surface area contributed by atoms with Crippen molar-refractivity contribution in [2.75, 3.05) is 19.6 Å². The highest BCUT2D eigenvalue weighted by Crippen LogP contribution is 2.21. The molecule has 0 aliphatic carbocycles. The van der Waals surface area contributed by atoms with E-state index in [-0.39, 0.29) is 30.4 Å². The fourth-order valence-electron chi connectivity index (χ4n) is 2.55. The number of hydrogen-bond acceptors (Lipinski definition) is 5. The standard InChI is InChI=1S/C13H19N5O4/c1-9-13(18(21)22)10(2)17(15-9)8-11(19)14-7-12(20)16-5-3-4-6-16/h3-8H2,1-2H3,(H,14,19).